The van der Waals surface area contributed by atoms with Crippen molar-refractivity contribution in [2.24, 2.45) is 0 Å². The highest BCUT2D eigenvalue weighted by atomic mass is 32.2. The third-order valence-electron chi connectivity index (χ3n) is 3.90. The lowest BCUT2D eigenvalue weighted by Crippen LogP contribution is -2.36. The molecule has 1 heterocycles. The molecule has 0 fully saturated rings. The van der Waals surface area contributed by atoms with Crippen LogP contribution < -0.4 is 4.72 Å². The third kappa shape index (κ3) is 3.55. The van der Waals surface area contributed by atoms with Crippen molar-refractivity contribution < 1.29 is 4.21 Å². The Morgan fingerprint density at radius 1 is 0.958 bits per heavy atom. The fourth-order valence-electron chi connectivity index (χ4n) is 2.62. The first kappa shape index (κ1) is 16.8. The van der Waals surface area contributed by atoms with Crippen LogP contribution in [0.15, 0.2) is 66.9 Å². The molecule has 124 valence electrons. The topological polar surface area (TPSA) is 42.0 Å². The monoisotopic (exact) mass is 338 g/mol. The lowest BCUT2D eigenvalue weighted by molar-refractivity contribution is 0.621. The van der Waals surface area contributed by atoms with E-state index in [-0.39, 0.29) is 10.8 Å². The second-order valence-electron chi connectivity index (χ2n) is 6.75. The van der Waals surface area contributed by atoms with Crippen molar-refractivity contribution in [1.82, 2.24) is 9.71 Å². The van der Waals surface area contributed by atoms with E-state index in [2.05, 4.69) is 34.0 Å². The SMILES string of the molecule is CC(C)(C)S(=O)N[C@H](c1ccccn1)c1cccc2ccccc12. The Kier molecular flexibility index (Phi) is 4.78. The van der Waals surface area contributed by atoms with E-state index in [1.807, 2.05) is 57.2 Å². The standard InChI is InChI=1S/C20H22N2OS/c1-20(2,3)24(23)22-19(18-13-6-7-14-21-18)17-12-8-10-15-9-4-5-11-16(15)17/h4-14,19,22H,1-3H3/t19-,24?/m0/s1. The van der Waals surface area contributed by atoms with E-state index in [1.165, 1.54) is 5.39 Å². The predicted molar refractivity (Wildman–Crippen MR) is 101 cm³/mol. The summed E-state index contributed by atoms with van der Waals surface area (Å²) < 4.78 is 15.7. The van der Waals surface area contributed by atoms with Gasteiger partial charge in [0.25, 0.3) is 0 Å². The number of aromatic nitrogens is 1. The Balaban J connectivity index is 2.12. The van der Waals surface area contributed by atoms with Crippen LogP contribution in [0.3, 0.4) is 0 Å². The zero-order chi connectivity index (χ0) is 17.2. The highest BCUT2D eigenvalue weighted by Gasteiger charge is 2.26. The summed E-state index contributed by atoms with van der Waals surface area (Å²) in [6.07, 6.45) is 1.77. The van der Waals surface area contributed by atoms with Gasteiger partial charge in [0.1, 0.15) is 0 Å². The molecule has 0 aliphatic rings. The quantitative estimate of drug-likeness (QED) is 0.767. The number of nitrogens with one attached hydrogen (secondary N) is 1. The maximum atomic E-state index is 12.7. The van der Waals surface area contributed by atoms with Crippen LogP contribution >= 0.6 is 0 Å². The van der Waals surface area contributed by atoms with Gasteiger partial charge in [-0.05, 0) is 49.2 Å². The van der Waals surface area contributed by atoms with Gasteiger partial charge in [-0.3, -0.25) is 4.98 Å². The Hall–Kier alpha value is -2.04. The van der Waals surface area contributed by atoms with E-state index in [0.717, 1.165) is 16.6 Å². The van der Waals surface area contributed by atoms with Gasteiger partial charge < -0.3 is 0 Å². The van der Waals surface area contributed by atoms with E-state index in [9.17, 15) is 4.21 Å². The van der Waals surface area contributed by atoms with Gasteiger partial charge in [0, 0.05) is 6.20 Å². The fourth-order valence-corrected chi connectivity index (χ4v) is 3.43. The zero-order valence-electron chi connectivity index (χ0n) is 14.2. The van der Waals surface area contributed by atoms with Crippen molar-refractivity contribution in [2.45, 2.75) is 31.6 Å². The van der Waals surface area contributed by atoms with Crippen molar-refractivity contribution in [1.29, 1.82) is 0 Å². The first-order chi connectivity index (χ1) is 11.5. The van der Waals surface area contributed by atoms with Crippen LogP contribution in [0.25, 0.3) is 10.8 Å². The van der Waals surface area contributed by atoms with Crippen molar-refractivity contribution in [2.75, 3.05) is 0 Å². The number of hydrogen-bond acceptors (Lipinski definition) is 2. The predicted octanol–water partition coefficient (Wildman–Crippen LogP) is 4.38. The van der Waals surface area contributed by atoms with Crippen LogP contribution in [0.2, 0.25) is 0 Å². The largest absolute Gasteiger partial charge is 0.259 e. The van der Waals surface area contributed by atoms with E-state index >= 15 is 0 Å². The molecule has 0 saturated heterocycles. The molecule has 0 aliphatic heterocycles. The second-order valence-corrected chi connectivity index (χ2v) is 8.75. The summed E-state index contributed by atoms with van der Waals surface area (Å²) in [5.74, 6) is 0. The molecule has 3 rings (SSSR count). The van der Waals surface area contributed by atoms with Gasteiger partial charge in [-0.15, -0.1) is 0 Å². The first-order valence-electron chi connectivity index (χ1n) is 8.03. The number of rotatable bonds is 4. The van der Waals surface area contributed by atoms with Gasteiger partial charge in [-0.2, -0.15) is 0 Å². The van der Waals surface area contributed by atoms with E-state index in [0.29, 0.717) is 0 Å². The van der Waals surface area contributed by atoms with Gasteiger partial charge in [-0.25, -0.2) is 8.93 Å². The smallest absolute Gasteiger partial charge is 0.0979 e. The molecule has 0 radical (unpaired) electrons. The lowest BCUT2D eigenvalue weighted by atomic mass is 9.97. The Bertz CT molecular complexity index is 851. The highest BCUT2D eigenvalue weighted by molar-refractivity contribution is 7.84. The van der Waals surface area contributed by atoms with Crippen molar-refractivity contribution in [3.63, 3.8) is 0 Å². The minimum atomic E-state index is -1.20. The van der Waals surface area contributed by atoms with Crippen molar-refractivity contribution >= 4 is 21.8 Å². The number of fused-ring (bicyclic) bond motifs is 1. The molecule has 4 heteroatoms. The average Bonchev–Trinajstić information content (AvgIpc) is 2.59. The van der Waals surface area contributed by atoms with E-state index < -0.39 is 11.0 Å². The molecule has 0 amide bonds. The Morgan fingerprint density at radius 2 is 1.67 bits per heavy atom. The first-order valence-corrected chi connectivity index (χ1v) is 9.18. The number of hydrogen-bond donors (Lipinski definition) is 1. The number of pyridine rings is 1. The average molecular weight is 338 g/mol. The molecule has 2 aromatic carbocycles. The molecule has 3 nitrogen and oxygen atoms in total. The summed E-state index contributed by atoms with van der Waals surface area (Å²) in [4.78, 5) is 4.50. The van der Waals surface area contributed by atoms with Gasteiger partial charge in [0.2, 0.25) is 0 Å². The molecule has 2 atom stereocenters. The van der Waals surface area contributed by atoms with Gasteiger partial charge >= 0.3 is 0 Å². The summed E-state index contributed by atoms with van der Waals surface area (Å²) >= 11 is 0. The van der Waals surface area contributed by atoms with Crippen molar-refractivity contribution in [3.8, 4) is 0 Å². The minimum Gasteiger partial charge on any atom is -0.259 e. The summed E-state index contributed by atoms with van der Waals surface area (Å²) in [6.45, 7) is 5.90. The van der Waals surface area contributed by atoms with Crippen LogP contribution in [0, 0.1) is 0 Å². The van der Waals surface area contributed by atoms with Crippen LogP contribution in [0.1, 0.15) is 38.1 Å². The molecular weight excluding hydrogens is 316 g/mol. The lowest BCUT2D eigenvalue weighted by Gasteiger charge is -2.25. The summed E-state index contributed by atoms with van der Waals surface area (Å²) in [6, 6.07) is 20.1. The molecule has 1 N–H and O–H groups in total. The van der Waals surface area contributed by atoms with Crippen LogP contribution in [0.4, 0.5) is 0 Å². The molecule has 1 unspecified atom stereocenters. The molecule has 0 bridgehead atoms. The third-order valence-corrected chi connectivity index (χ3v) is 5.46. The number of nitrogens with zero attached hydrogens (tertiary/aromatic N) is 1. The Labute approximate surface area is 145 Å². The van der Waals surface area contributed by atoms with Gasteiger partial charge in [0.15, 0.2) is 0 Å². The molecule has 0 spiro atoms. The normalized spacial score (nSPS) is 14.5. The molecular formula is C20H22N2OS. The van der Waals surface area contributed by atoms with Crippen LogP contribution in [-0.4, -0.2) is 13.9 Å². The summed E-state index contributed by atoms with van der Waals surface area (Å²) in [5, 5.41) is 2.31. The molecule has 0 saturated carbocycles. The minimum absolute atomic E-state index is 0.225. The fraction of sp³-hybridized carbons (Fsp3) is 0.250. The van der Waals surface area contributed by atoms with Crippen LogP contribution in [-0.2, 0) is 11.0 Å². The maximum Gasteiger partial charge on any atom is 0.0979 e. The highest BCUT2D eigenvalue weighted by Crippen LogP contribution is 2.29. The van der Waals surface area contributed by atoms with Gasteiger partial charge in [0.05, 0.1) is 27.5 Å². The van der Waals surface area contributed by atoms with Crippen LogP contribution in [0.5, 0.6) is 0 Å². The molecule has 3 aromatic rings. The summed E-state index contributed by atoms with van der Waals surface area (Å²) in [7, 11) is -1.20. The molecule has 1 aromatic heterocycles. The second kappa shape index (κ2) is 6.83. The van der Waals surface area contributed by atoms with E-state index in [4.69, 9.17) is 0 Å². The molecule has 0 aliphatic carbocycles. The zero-order valence-corrected chi connectivity index (χ0v) is 15.0. The Morgan fingerprint density at radius 3 is 2.38 bits per heavy atom. The molecule has 24 heavy (non-hydrogen) atoms. The van der Waals surface area contributed by atoms with E-state index in [1.54, 1.807) is 6.20 Å². The van der Waals surface area contributed by atoms with Gasteiger partial charge in [-0.1, -0.05) is 48.5 Å². The van der Waals surface area contributed by atoms with Crippen molar-refractivity contribution in [3.05, 3.63) is 78.1 Å². The maximum absolute atomic E-state index is 12.7. The summed E-state index contributed by atoms with van der Waals surface area (Å²) in [5.41, 5.74) is 1.95. The number of benzene rings is 2.